The van der Waals surface area contributed by atoms with Crippen LogP contribution in [0.4, 0.5) is 5.82 Å². The van der Waals surface area contributed by atoms with Crippen molar-refractivity contribution in [3.63, 3.8) is 0 Å². The topological polar surface area (TPSA) is 38.1 Å². The molecule has 3 heterocycles. The van der Waals surface area contributed by atoms with Crippen LogP contribution in [-0.4, -0.2) is 28.9 Å². The van der Waals surface area contributed by atoms with Gasteiger partial charge in [-0.3, -0.25) is 4.79 Å². The summed E-state index contributed by atoms with van der Waals surface area (Å²) < 4.78 is 1.98. The second kappa shape index (κ2) is 6.34. The van der Waals surface area contributed by atoms with Gasteiger partial charge in [-0.2, -0.15) is 0 Å². The highest BCUT2D eigenvalue weighted by Crippen LogP contribution is 2.20. The number of anilines is 1. The summed E-state index contributed by atoms with van der Waals surface area (Å²) in [5.74, 6) is 1.08. The lowest BCUT2D eigenvalue weighted by molar-refractivity contribution is 0.111. The minimum Gasteiger partial charge on any atom is -0.357 e. The monoisotopic (exact) mass is 297 g/mol. The summed E-state index contributed by atoms with van der Waals surface area (Å²) in [6.45, 7) is 6.95. The number of aldehydes is 1. The van der Waals surface area contributed by atoms with Crippen molar-refractivity contribution in [3.8, 4) is 0 Å². The molecule has 1 saturated heterocycles. The molecule has 0 atom stereocenters. The molecule has 4 nitrogen and oxygen atoms in total. The third kappa shape index (κ3) is 3.21. The standard InChI is InChI=1S/C18H23N3O/c1-14-8-16(12-21-11-15(2)9-17(21)13-22)19-18(10-14)20-6-4-3-5-7-20/h8-11,13H,3-7,12H2,1-2H3. The number of hydrogen-bond acceptors (Lipinski definition) is 3. The largest absolute Gasteiger partial charge is 0.357 e. The fourth-order valence-corrected chi connectivity index (χ4v) is 3.17. The lowest BCUT2D eigenvalue weighted by Gasteiger charge is -2.28. The van der Waals surface area contributed by atoms with Gasteiger partial charge in [-0.15, -0.1) is 0 Å². The van der Waals surface area contributed by atoms with Crippen LogP contribution in [0.25, 0.3) is 0 Å². The summed E-state index contributed by atoms with van der Waals surface area (Å²) in [5.41, 5.74) is 4.05. The number of pyridine rings is 1. The number of piperidine rings is 1. The van der Waals surface area contributed by atoms with Crippen LogP contribution in [0.5, 0.6) is 0 Å². The Kier molecular flexibility index (Phi) is 4.27. The van der Waals surface area contributed by atoms with Crippen LogP contribution < -0.4 is 4.90 Å². The molecule has 0 N–H and O–H groups in total. The van der Waals surface area contributed by atoms with E-state index in [1.165, 1.54) is 24.8 Å². The normalized spacial score (nSPS) is 15.1. The second-order valence-electron chi connectivity index (χ2n) is 6.23. The van der Waals surface area contributed by atoms with Gasteiger partial charge in [0.15, 0.2) is 6.29 Å². The minimum absolute atomic E-state index is 0.643. The number of aryl methyl sites for hydroxylation is 2. The van der Waals surface area contributed by atoms with Crippen molar-refractivity contribution in [2.24, 2.45) is 0 Å². The van der Waals surface area contributed by atoms with E-state index in [1.54, 1.807) is 0 Å². The highest BCUT2D eigenvalue weighted by molar-refractivity contribution is 5.73. The Hall–Kier alpha value is -2.10. The first-order chi connectivity index (χ1) is 10.7. The molecule has 2 aromatic heterocycles. The van der Waals surface area contributed by atoms with Crippen LogP contribution in [0.3, 0.4) is 0 Å². The third-order valence-electron chi connectivity index (χ3n) is 4.21. The Morgan fingerprint density at radius 1 is 1.09 bits per heavy atom. The maximum atomic E-state index is 11.2. The number of hydrogen-bond donors (Lipinski definition) is 0. The zero-order valence-corrected chi connectivity index (χ0v) is 13.4. The molecule has 2 aromatic rings. The molecule has 1 aliphatic heterocycles. The molecule has 0 aliphatic carbocycles. The third-order valence-corrected chi connectivity index (χ3v) is 4.21. The van der Waals surface area contributed by atoms with Crippen molar-refractivity contribution >= 4 is 12.1 Å². The predicted molar refractivity (Wildman–Crippen MR) is 88.7 cm³/mol. The van der Waals surface area contributed by atoms with E-state index in [1.807, 2.05) is 23.8 Å². The molecule has 1 fully saturated rings. The van der Waals surface area contributed by atoms with E-state index in [2.05, 4.69) is 24.0 Å². The molecule has 0 radical (unpaired) electrons. The molecule has 0 unspecified atom stereocenters. The lowest BCUT2D eigenvalue weighted by Crippen LogP contribution is -2.30. The van der Waals surface area contributed by atoms with Gasteiger partial charge in [0.05, 0.1) is 17.9 Å². The molecule has 0 amide bonds. The average Bonchev–Trinajstić information content (AvgIpc) is 2.87. The first-order valence-electron chi connectivity index (χ1n) is 8.00. The molecule has 4 heteroatoms. The van der Waals surface area contributed by atoms with E-state index in [9.17, 15) is 4.79 Å². The molecule has 0 spiro atoms. The first-order valence-corrected chi connectivity index (χ1v) is 8.00. The van der Waals surface area contributed by atoms with E-state index in [0.29, 0.717) is 12.2 Å². The van der Waals surface area contributed by atoms with E-state index in [-0.39, 0.29) is 0 Å². The highest BCUT2D eigenvalue weighted by Gasteiger charge is 2.13. The Morgan fingerprint density at radius 2 is 1.86 bits per heavy atom. The maximum Gasteiger partial charge on any atom is 0.166 e. The van der Waals surface area contributed by atoms with E-state index in [0.717, 1.165) is 36.5 Å². The Bertz CT molecular complexity index is 669. The van der Waals surface area contributed by atoms with Gasteiger partial charge in [-0.05, 0) is 62.4 Å². The van der Waals surface area contributed by atoms with Crippen LogP contribution in [0.2, 0.25) is 0 Å². The van der Waals surface area contributed by atoms with Gasteiger partial charge < -0.3 is 9.47 Å². The lowest BCUT2D eigenvalue weighted by atomic mass is 10.1. The van der Waals surface area contributed by atoms with Gasteiger partial charge in [-0.1, -0.05) is 0 Å². The van der Waals surface area contributed by atoms with Crippen molar-refractivity contribution in [3.05, 3.63) is 46.9 Å². The zero-order chi connectivity index (χ0) is 15.5. The van der Waals surface area contributed by atoms with Gasteiger partial charge >= 0.3 is 0 Å². The SMILES string of the molecule is Cc1cc(Cn2cc(C)cc2C=O)nc(N2CCCCC2)c1. The molecule has 0 aromatic carbocycles. The van der Waals surface area contributed by atoms with Gasteiger partial charge in [0.1, 0.15) is 5.82 Å². The quantitative estimate of drug-likeness (QED) is 0.812. The summed E-state index contributed by atoms with van der Waals surface area (Å²) in [4.78, 5) is 18.4. The molecular weight excluding hydrogens is 274 g/mol. The molecular formula is C18H23N3O. The molecule has 0 bridgehead atoms. The van der Waals surface area contributed by atoms with Crippen LogP contribution in [0.1, 0.15) is 46.6 Å². The van der Waals surface area contributed by atoms with E-state index < -0.39 is 0 Å². The smallest absolute Gasteiger partial charge is 0.166 e. The predicted octanol–water partition coefficient (Wildman–Crippen LogP) is 3.35. The number of nitrogens with zero attached hydrogens (tertiary/aromatic N) is 3. The molecule has 1 aliphatic rings. The van der Waals surface area contributed by atoms with Crippen LogP contribution in [-0.2, 0) is 6.54 Å². The van der Waals surface area contributed by atoms with Crippen molar-refractivity contribution in [2.45, 2.75) is 39.7 Å². The van der Waals surface area contributed by atoms with E-state index in [4.69, 9.17) is 4.98 Å². The Labute approximate surface area is 131 Å². The Morgan fingerprint density at radius 3 is 2.59 bits per heavy atom. The average molecular weight is 297 g/mol. The summed E-state index contributed by atoms with van der Waals surface area (Å²) in [5, 5.41) is 0. The summed E-state index contributed by atoms with van der Waals surface area (Å²) in [6, 6.07) is 6.18. The number of rotatable bonds is 4. The highest BCUT2D eigenvalue weighted by atomic mass is 16.1. The molecule has 22 heavy (non-hydrogen) atoms. The molecule has 116 valence electrons. The minimum atomic E-state index is 0.643. The fourth-order valence-electron chi connectivity index (χ4n) is 3.17. The van der Waals surface area contributed by atoms with Crippen LogP contribution in [0.15, 0.2) is 24.4 Å². The summed E-state index contributed by atoms with van der Waals surface area (Å²) in [6.07, 6.45) is 6.73. The maximum absolute atomic E-state index is 11.2. The fraction of sp³-hybridized carbons (Fsp3) is 0.444. The van der Waals surface area contributed by atoms with Crippen molar-refractivity contribution in [1.29, 1.82) is 0 Å². The first kappa shape index (κ1) is 14.8. The zero-order valence-electron chi connectivity index (χ0n) is 13.4. The molecule has 3 rings (SSSR count). The Balaban J connectivity index is 1.87. The number of carbonyl (C=O) groups excluding carboxylic acids is 1. The van der Waals surface area contributed by atoms with Crippen LogP contribution in [0, 0.1) is 13.8 Å². The van der Waals surface area contributed by atoms with E-state index >= 15 is 0 Å². The van der Waals surface area contributed by atoms with Gasteiger partial charge in [0.2, 0.25) is 0 Å². The summed E-state index contributed by atoms with van der Waals surface area (Å²) >= 11 is 0. The van der Waals surface area contributed by atoms with Crippen LogP contribution >= 0.6 is 0 Å². The van der Waals surface area contributed by atoms with Gasteiger partial charge in [0.25, 0.3) is 0 Å². The molecule has 0 saturated carbocycles. The van der Waals surface area contributed by atoms with Crippen molar-refractivity contribution in [1.82, 2.24) is 9.55 Å². The van der Waals surface area contributed by atoms with Gasteiger partial charge in [-0.25, -0.2) is 4.98 Å². The van der Waals surface area contributed by atoms with Crippen molar-refractivity contribution in [2.75, 3.05) is 18.0 Å². The van der Waals surface area contributed by atoms with Gasteiger partial charge in [0, 0.05) is 19.3 Å². The summed E-state index contributed by atoms with van der Waals surface area (Å²) in [7, 11) is 0. The second-order valence-corrected chi connectivity index (χ2v) is 6.23. The van der Waals surface area contributed by atoms with Crippen molar-refractivity contribution < 1.29 is 4.79 Å². The number of aromatic nitrogens is 2. The number of carbonyl (C=O) groups is 1.